The lowest BCUT2D eigenvalue weighted by Crippen LogP contribution is -2.43. The molecule has 3 aromatic rings. The Hall–Kier alpha value is -3.87. The van der Waals surface area contributed by atoms with Crippen molar-refractivity contribution in [2.24, 2.45) is 0 Å². The Bertz CT molecular complexity index is 1040. The Morgan fingerprint density at radius 2 is 1.48 bits per heavy atom. The second-order valence-corrected chi connectivity index (χ2v) is 6.71. The summed E-state index contributed by atoms with van der Waals surface area (Å²) in [7, 11) is 4.50. The van der Waals surface area contributed by atoms with Crippen molar-refractivity contribution in [1.29, 1.82) is 0 Å². The fraction of sp³-hybridized carbons (Fsp3) is 0.208. The van der Waals surface area contributed by atoms with Crippen LogP contribution < -0.4 is 24.1 Å². The van der Waals surface area contributed by atoms with Crippen molar-refractivity contribution in [2.45, 2.75) is 13.1 Å². The summed E-state index contributed by atoms with van der Waals surface area (Å²) in [5.74, 6) is 0.908. The normalized spacial score (nSPS) is 10.3. The van der Waals surface area contributed by atoms with Crippen LogP contribution in [0.2, 0.25) is 0 Å². The number of carbonyl (C=O) groups is 2. The van der Waals surface area contributed by atoms with Gasteiger partial charge in [0.15, 0.2) is 17.7 Å². The van der Waals surface area contributed by atoms with Crippen LogP contribution in [-0.4, -0.2) is 33.0 Å². The molecule has 0 aliphatic heterocycles. The van der Waals surface area contributed by atoms with Gasteiger partial charge in [0.05, 0.1) is 21.3 Å². The Kier molecular flexibility index (Phi) is 7.22. The predicted molar refractivity (Wildman–Crippen MR) is 115 cm³/mol. The number of methoxy groups -OCH3 is 3. The number of nitrogens with one attached hydrogen (secondary N) is 1. The van der Waals surface area contributed by atoms with Gasteiger partial charge in [0.25, 0.3) is 5.91 Å². The number of ether oxygens (including phenoxy) is 3. The third-order valence-electron chi connectivity index (χ3n) is 4.80. The van der Waals surface area contributed by atoms with E-state index < -0.39 is 0 Å². The van der Waals surface area contributed by atoms with E-state index in [0.29, 0.717) is 28.4 Å². The van der Waals surface area contributed by atoms with Crippen molar-refractivity contribution in [3.05, 3.63) is 83.7 Å². The SMILES string of the molecule is COc1cc(C(=O)NCc2cccc[n+]2CC(=O)c2ccccc2)cc(OC)c1OC. The second kappa shape index (κ2) is 10.2. The van der Waals surface area contributed by atoms with Gasteiger partial charge in [0.1, 0.15) is 6.54 Å². The number of pyridine rings is 1. The van der Waals surface area contributed by atoms with E-state index in [0.717, 1.165) is 5.69 Å². The average Bonchev–Trinajstić information content (AvgIpc) is 2.82. The monoisotopic (exact) mass is 421 g/mol. The van der Waals surface area contributed by atoms with Gasteiger partial charge < -0.3 is 19.5 Å². The summed E-state index contributed by atoms with van der Waals surface area (Å²) in [6, 6.07) is 17.9. The fourth-order valence-corrected chi connectivity index (χ4v) is 3.18. The van der Waals surface area contributed by atoms with Crippen LogP contribution in [0.5, 0.6) is 17.2 Å². The maximum absolute atomic E-state index is 12.8. The van der Waals surface area contributed by atoms with Crippen LogP contribution >= 0.6 is 0 Å². The number of rotatable bonds is 9. The van der Waals surface area contributed by atoms with Crippen LogP contribution in [-0.2, 0) is 13.1 Å². The summed E-state index contributed by atoms with van der Waals surface area (Å²) in [4.78, 5) is 25.3. The number of aromatic nitrogens is 1. The van der Waals surface area contributed by atoms with Gasteiger partial charge in [-0.15, -0.1) is 0 Å². The van der Waals surface area contributed by atoms with E-state index in [-0.39, 0.29) is 24.8 Å². The maximum Gasteiger partial charge on any atom is 0.252 e. The van der Waals surface area contributed by atoms with E-state index in [1.807, 2.05) is 47.2 Å². The molecule has 2 aromatic carbocycles. The number of nitrogens with zero attached hydrogens (tertiary/aromatic N) is 1. The molecule has 0 saturated carbocycles. The summed E-state index contributed by atoms with van der Waals surface area (Å²) in [6.07, 6.45) is 1.82. The van der Waals surface area contributed by atoms with Crippen molar-refractivity contribution < 1.29 is 28.4 Å². The Balaban J connectivity index is 1.75. The highest BCUT2D eigenvalue weighted by Gasteiger charge is 2.19. The zero-order valence-corrected chi connectivity index (χ0v) is 17.8. The number of ketones is 1. The molecule has 1 amide bonds. The summed E-state index contributed by atoms with van der Waals surface area (Å²) in [5, 5.41) is 2.89. The van der Waals surface area contributed by atoms with Crippen molar-refractivity contribution in [3.63, 3.8) is 0 Å². The Labute approximate surface area is 181 Å². The number of Topliss-reactive ketones (excluding diaryl/α,β-unsaturated/α-hetero) is 1. The van der Waals surface area contributed by atoms with Crippen LogP contribution in [0.3, 0.4) is 0 Å². The molecule has 0 aliphatic carbocycles. The van der Waals surface area contributed by atoms with Gasteiger partial charge in [-0.05, 0) is 12.1 Å². The van der Waals surface area contributed by atoms with Gasteiger partial charge in [-0.2, -0.15) is 4.57 Å². The molecule has 160 valence electrons. The van der Waals surface area contributed by atoms with Gasteiger partial charge in [0.2, 0.25) is 23.8 Å². The van der Waals surface area contributed by atoms with Crippen molar-refractivity contribution in [3.8, 4) is 17.2 Å². The van der Waals surface area contributed by atoms with Crippen LogP contribution in [0.25, 0.3) is 0 Å². The lowest BCUT2D eigenvalue weighted by Gasteiger charge is -2.14. The van der Waals surface area contributed by atoms with Crippen LogP contribution in [0.4, 0.5) is 0 Å². The minimum atomic E-state index is -0.302. The highest BCUT2D eigenvalue weighted by molar-refractivity contribution is 5.96. The third kappa shape index (κ3) is 5.19. The maximum atomic E-state index is 12.8. The molecule has 0 radical (unpaired) electrons. The molecule has 1 N–H and O–H groups in total. The molecule has 7 nitrogen and oxygen atoms in total. The molecule has 7 heteroatoms. The van der Waals surface area contributed by atoms with Crippen molar-refractivity contribution in [2.75, 3.05) is 21.3 Å². The van der Waals surface area contributed by atoms with Crippen LogP contribution in [0, 0.1) is 0 Å². The molecule has 1 heterocycles. The van der Waals surface area contributed by atoms with E-state index in [2.05, 4.69) is 5.32 Å². The molecule has 0 spiro atoms. The van der Waals surface area contributed by atoms with Crippen molar-refractivity contribution in [1.82, 2.24) is 5.32 Å². The fourth-order valence-electron chi connectivity index (χ4n) is 3.18. The number of benzene rings is 2. The third-order valence-corrected chi connectivity index (χ3v) is 4.80. The van der Waals surface area contributed by atoms with Gasteiger partial charge in [-0.25, -0.2) is 0 Å². The molecule has 1 aromatic heterocycles. The van der Waals surface area contributed by atoms with E-state index in [4.69, 9.17) is 14.2 Å². The van der Waals surface area contributed by atoms with E-state index in [1.165, 1.54) is 21.3 Å². The predicted octanol–water partition coefficient (Wildman–Crippen LogP) is 2.81. The van der Waals surface area contributed by atoms with Gasteiger partial charge in [0, 0.05) is 23.3 Å². The summed E-state index contributed by atoms with van der Waals surface area (Å²) < 4.78 is 17.7. The molecule has 0 unspecified atom stereocenters. The molecule has 0 bridgehead atoms. The molecule has 0 aliphatic rings. The molecule has 3 rings (SSSR count). The second-order valence-electron chi connectivity index (χ2n) is 6.71. The van der Waals surface area contributed by atoms with Gasteiger partial charge >= 0.3 is 0 Å². The lowest BCUT2D eigenvalue weighted by molar-refractivity contribution is -0.690. The smallest absolute Gasteiger partial charge is 0.252 e. The standard InChI is InChI=1S/C24H24N2O5/c1-29-21-13-18(14-22(30-2)23(21)31-3)24(28)25-15-19-11-7-8-12-26(19)16-20(27)17-9-5-4-6-10-17/h4-14H,15-16H2,1-3H3/p+1. The first-order valence-electron chi connectivity index (χ1n) is 9.71. The first-order valence-corrected chi connectivity index (χ1v) is 9.71. The van der Waals surface area contributed by atoms with Gasteiger partial charge in [-0.3, -0.25) is 9.59 Å². The zero-order chi connectivity index (χ0) is 22.2. The van der Waals surface area contributed by atoms with E-state index in [9.17, 15) is 9.59 Å². The van der Waals surface area contributed by atoms with Crippen LogP contribution in [0.1, 0.15) is 26.4 Å². The van der Waals surface area contributed by atoms with Crippen molar-refractivity contribution >= 4 is 11.7 Å². The highest BCUT2D eigenvalue weighted by Crippen LogP contribution is 2.38. The summed E-state index contributed by atoms with van der Waals surface area (Å²) in [6.45, 7) is 0.429. The largest absolute Gasteiger partial charge is 0.493 e. The van der Waals surface area contributed by atoms with Crippen LogP contribution in [0.15, 0.2) is 66.9 Å². The molecule has 0 fully saturated rings. The number of hydrogen-bond donors (Lipinski definition) is 1. The topological polar surface area (TPSA) is 77.7 Å². The highest BCUT2D eigenvalue weighted by atomic mass is 16.5. The first kappa shape index (κ1) is 21.8. The number of hydrogen-bond acceptors (Lipinski definition) is 5. The number of carbonyl (C=O) groups excluding carboxylic acids is 2. The molecule has 31 heavy (non-hydrogen) atoms. The van der Waals surface area contributed by atoms with E-state index in [1.54, 1.807) is 24.3 Å². The number of amides is 1. The lowest BCUT2D eigenvalue weighted by atomic mass is 10.1. The quantitative estimate of drug-likeness (QED) is 0.425. The minimum absolute atomic E-state index is 0.00555. The van der Waals surface area contributed by atoms with E-state index >= 15 is 0 Å². The zero-order valence-electron chi connectivity index (χ0n) is 17.8. The minimum Gasteiger partial charge on any atom is -0.493 e. The summed E-state index contributed by atoms with van der Waals surface area (Å²) >= 11 is 0. The molecular formula is C24H25N2O5+. The first-order chi connectivity index (χ1) is 15.1. The molecule has 0 saturated heterocycles. The molecular weight excluding hydrogens is 396 g/mol. The molecule has 0 atom stereocenters. The van der Waals surface area contributed by atoms with Gasteiger partial charge in [-0.1, -0.05) is 36.4 Å². The Morgan fingerprint density at radius 3 is 2.10 bits per heavy atom. The Morgan fingerprint density at radius 1 is 0.839 bits per heavy atom. The average molecular weight is 421 g/mol. The summed E-state index contributed by atoms with van der Waals surface area (Å²) in [5.41, 5.74) is 1.82.